The van der Waals surface area contributed by atoms with Crippen molar-refractivity contribution >= 4 is 37.5 Å². The van der Waals surface area contributed by atoms with Crippen molar-refractivity contribution in [2.45, 2.75) is 38.1 Å². The Balaban J connectivity index is 1.67. The number of rotatable bonds is 3. The summed E-state index contributed by atoms with van der Waals surface area (Å²) in [5.41, 5.74) is 1.13. The lowest BCUT2D eigenvalue weighted by atomic mass is 10.0. The number of benzene rings is 1. The number of fused-ring (bicyclic) bond motifs is 1. The summed E-state index contributed by atoms with van der Waals surface area (Å²) in [6, 6.07) is 7.03. The van der Waals surface area contributed by atoms with E-state index in [9.17, 15) is 0 Å². The predicted octanol–water partition coefficient (Wildman–Crippen LogP) is 4.13. The lowest BCUT2D eigenvalue weighted by molar-refractivity contribution is 0.383. The summed E-state index contributed by atoms with van der Waals surface area (Å²) in [6.45, 7) is 1.19. The molecule has 2 heterocycles. The topological polar surface area (TPSA) is 24.9 Å². The lowest BCUT2D eigenvalue weighted by Gasteiger charge is -2.22. The fourth-order valence-electron chi connectivity index (χ4n) is 2.52. The minimum Gasteiger partial charge on any atom is -0.314 e. The quantitative estimate of drug-likeness (QED) is 0.918. The molecule has 2 aromatic rings. The van der Waals surface area contributed by atoms with E-state index in [1.54, 1.807) is 0 Å². The van der Waals surface area contributed by atoms with Crippen molar-refractivity contribution in [2.24, 2.45) is 0 Å². The number of nitrogens with zero attached hydrogens (tertiary/aromatic N) is 1. The van der Waals surface area contributed by atoms with Gasteiger partial charge in [-0.25, -0.2) is 4.98 Å². The second-order valence-electron chi connectivity index (χ2n) is 4.91. The Morgan fingerprint density at radius 2 is 2.33 bits per heavy atom. The minimum absolute atomic E-state index is 0.706. The van der Waals surface area contributed by atoms with Gasteiger partial charge in [0.25, 0.3) is 0 Å². The number of hydrogen-bond donors (Lipinski definition) is 1. The van der Waals surface area contributed by atoms with Crippen LogP contribution in [0.5, 0.6) is 0 Å². The Labute approximate surface area is 120 Å². The zero-order valence-electron chi connectivity index (χ0n) is 10.3. The zero-order chi connectivity index (χ0) is 12.4. The molecule has 3 rings (SSSR count). The molecule has 4 heteroatoms. The van der Waals surface area contributed by atoms with E-state index in [0.29, 0.717) is 6.04 Å². The van der Waals surface area contributed by atoms with Crippen molar-refractivity contribution in [1.29, 1.82) is 0 Å². The number of aryl methyl sites for hydroxylation is 1. The Bertz CT molecular complexity index is 532. The van der Waals surface area contributed by atoms with Gasteiger partial charge in [-0.15, -0.1) is 11.3 Å². The molecule has 1 atom stereocenters. The van der Waals surface area contributed by atoms with Crippen molar-refractivity contribution in [3.05, 3.63) is 27.7 Å². The van der Waals surface area contributed by atoms with E-state index in [0.717, 1.165) is 16.4 Å². The first-order valence-corrected chi connectivity index (χ1v) is 8.20. The molecule has 1 N–H and O–H groups in total. The molecular formula is C14H17BrN2S. The minimum atomic E-state index is 0.706. The van der Waals surface area contributed by atoms with Crippen LogP contribution in [-0.4, -0.2) is 17.6 Å². The third-order valence-corrected chi connectivity index (χ3v) is 5.09. The number of thiazole rings is 1. The van der Waals surface area contributed by atoms with E-state index in [1.165, 1.54) is 41.9 Å². The molecule has 1 saturated heterocycles. The van der Waals surface area contributed by atoms with Gasteiger partial charge >= 0.3 is 0 Å². The van der Waals surface area contributed by atoms with Crippen LogP contribution >= 0.6 is 27.3 Å². The van der Waals surface area contributed by atoms with Gasteiger partial charge in [-0.2, -0.15) is 0 Å². The van der Waals surface area contributed by atoms with Crippen molar-refractivity contribution in [2.75, 3.05) is 6.54 Å². The first-order valence-electron chi connectivity index (χ1n) is 6.59. The third-order valence-electron chi connectivity index (χ3n) is 3.51. The Hall–Kier alpha value is -0.450. The molecule has 1 unspecified atom stereocenters. The largest absolute Gasteiger partial charge is 0.314 e. The van der Waals surface area contributed by atoms with Crippen LogP contribution in [0.1, 0.15) is 30.7 Å². The van der Waals surface area contributed by atoms with E-state index in [1.807, 2.05) is 11.3 Å². The summed E-state index contributed by atoms with van der Waals surface area (Å²) >= 11 is 5.34. The molecule has 0 bridgehead atoms. The fourth-order valence-corrected chi connectivity index (χ4v) is 4.06. The summed E-state index contributed by atoms with van der Waals surface area (Å²) in [6.07, 6.45) is 6.38. The first-order chi connectivity index (χ1) is 8.81. The van der Waals surface area contributed by atoms with Crippen LogP contribution < -0.4 is 5.32 Å². The number of nitrogens with one attached hydrogen (secondary N) is 1. The van der Waals surface area contributed by atoms with Gasteiger partial charge in [-0.3, -0.25) is 0 Å². The predicted molar refractivity (Wildman–Crippen MR) is 81.3 cm³/mol. The Morgan fingerprint density at radius 1 is 1.39 bits per heavy atom. The van der Waals surface area contributed by atoms with Gasteiger partial charge in [0.05, 0.1) is 15.2 Å². The maximum Gasteiger partial charge on any atom is 0.0939 e. The molecule has 1 aliphatic rings. The standard InChI is InChI=1S/C14H17BrN2S/c15-10-4-6-12-13(9-10)18-14(17-12)7-5-11-3-1-2-8-16-11/h4,6,9,11,16H,1-3,5,7-8H2. The molecule has 0 amide bonds. The smallest absolute Gasteiger partial charge is 0.0939 e. The van der Waals surface area contributed by atoms with Crippen molar-refractivity contribution in [3.8, 4) is 0 Å². The van der Waals surface area contributed by atoms with Gasteiger partial charge in [-0.1, -0.05) is 22.4 Å². The summed E-state index contributed by atoms with van der Waals surface area (Å²) in [5.74, 6) is 0. The van der Waals surface area contributed by atoms with E-state index in [4.69, 9.17) is 4.98 Å². The average molecular weight is 325 g/mol. The van der Waals surface area contributed by atoms with E-state index < -0.39 is 0 Å². The van der Waals surface area contributed by atoms with Gasteiger partial charge in [0.2, 0.25) is 0 Å². The second kappa shape index (κ2) is 5.68. The number of piperidine rings is 1. The SMILES string of the molecule is Brc1ccc2nc(CCC3CCCCN3)sc2c1. The van der Waals surface area contributed by atoms with Crippen molar-refractivity contribution in [3.63, 3.8) is 0 Å². The van der Waals surface area contributed by atoms with Gasteiger partial charge in [-0.05, 0) is 44.0 Å². The average Bonchev–Trinajstić information content (AvgIpc) is 2.79. The summed E-state index contributed by atoms with van der Waals surface area (Å²) in [5, 5.41) is 4.88. The molecule has 96 valence electrons. The van der Waals surface area contributed by atoms with Crippen molar-refractivity contribution < 1.29 is 0 Å². The highest BCUT2D eigenvalue weighted by atomic mass is 79.9. The number of aromatic nitrogens is 1. The molecule has 0 radical (unpaired) electrons. The highest BCUT2D eigenvalue weighted by molar-refractivity contribution is 9.10. The second-order valence-corrected chi connectivity index (χ2v) is 6.94. The first kappa shape index (κ1) is 12.6. The highest BCUT2D eigenvalue weighted by Crippen LogP contribution is 2.26. The van der Waals surface area contributed by atoms with Crippen LogP contribution in [0, 0.1) is 0 Å². The molecule has 2 nitrogen and oxygen atoms in total. The molecule has 1 fully saturated rings. The van der Waals surface area contributed by atoms with E-state index in [-0.39, 0.29) is 0 Å². The normalized spacial score (nSPS) is 20.4. The molecular weight excluding hydrogens is 308 g/mol. The van der Waals surface area contributed by atoms with Crippen LogP contribution in [0.25, 0.3) is 10.2 Å². The summed E-state index contributed by atoms with van der Waals surface area (Å²) in [7, 11) is 0. The zero-order valence-corrected chi connectivity index (χ0v) is 12.7. The fraction of sp³-hybridized carbons (Fsp3) is 0.500. The van der Waals surface area contributed by atoms with E-state index in [2.05, 4.69) is 39.4 Å². The van der Waals surface area contributed by atoms with E-state index >= 15 is 0 Å². The molecule has 18 heavy (non-hydrogen) atoms. The number of hydrogen-bond acceptors (Lipinski definition) is 3. The maximum absolute atomic E-state index is 4.71. The third kappa shape index (κ3) is 2.92. The van der Waals surface area contributed by atoms with Gasteiger partial charge in [0.15, 0.2) is 0 Å². The molecule has 0 aliphatic carbocycles. The van der Waals surface area contributed by atoms with Crippen LogP contribution in [0.15, 0.2) is 22.7 Å². The van der Waals surface area contributed by atoms with Gasteiger partial charge in [0, 0.05) is 16.9 Å². The number of halogens is 1. The van der Waals surface area contributed by atoms with Crippen LogP contribution in [-0.2, 0) is 6.42 Å². The molecule has 1 aromatic heterocycles. The molecule has 1 aromatic carbocycles. The summed E-state index contributed by atoms with van der Waals surface area (Å²) in [4.78, 5) is 4.71. The lowest BCUT2D eigenvalue weighted by Crippen LogP contribution is -2.34. The van der Waals surface area contributed by atoms with Gasteiger partial charge < -0.3 is 5.32 Å². The molecule has 1 aliphatic heterocycles. The molecule has 0 spiro atoms. The Morgan fingerprint density at radius 3 is 3.17 bits per heavy atom. The highest BCUT2D eigenvalue weighted by Gasteiger charge is 2.13. The summed E-state index contributed by atoms with van der Waals surface area (Å²) < 4.78 is 2.43. The van der Waals surface area contributed by atoms with Crippen molar-refractivity contribution in [1.82, 2.24) is 10.3 Å². The maximum atomic E-state index is 4.71. The van der Waals surface area contributed by atoms with Crippen LogP contribution in [0.3, 0.4) is 0 Å². The Kier molecular flexibility index (Phi) is 3.97. The van der Waals surface area contributed by atoms with Crippen LogP contribution in [0.2, 0.25) is 0 Å². The van der Waals surface area contributed by atoms with Gasteiger partial charge in [0.1, 0.15) is 0 Å². The van der Waals surface area contributed by atoms with Crippen LogP contribution in [0.4, 0.5) is 0 Å². The molecule has 0 saturated carbocycles. The monoisotopic (exact) mass is 324 g/mol.